The van der Waals surface area contributed by atoms with Crippen LogP contribution in [-0.2, 0) is 14.3 Å². The molecule has 1 aromatic heterocycles. The highest BCUT2D eigenvalue weighted by Gasteiger charge is 2.23. The Morgan fingerprint density at radius 1 is 1.19 bits per heavy atom. The molecule has 26 heavy (non-hydrogen) atoms. The van der Waals surface area contributed by atoms with Crippen LogP contribution in [0.2, 0.25) is 0 Å². The van der Waals surface area contributed by atoms with Gasteiger partial charge in [-0.15, -0.1) is 0 Å². The minimum Gasteiger partial charge on any atom is -0.448 e. The van der Waals surface area contributed by atoms with E-state index in [2.05, 4.69) is 25.5 Å². The largest absolute Gasteiger partial charge is 0.448 e. The van der Waals surface area contributed by atoms with E-state index in [1.165, 1.54) is 4.90 Å². The van der Waals surface area contributed by atoms with Crippen LogP contribution in [0.25, 0.3) is 0 Å². The summed E-state index contributed by atoms with van der Waals surface area (Å²) >= 11 is 0. The lowest BCUT2D eigenvalue weighted by molar-refractivity contribution is -0.121. The van der Waals surface area contributed by atoms with Gasteiger partial charge in [-0.3, -0.25) is 9.69 Å². The van der Waals surface area contributed by atoms with Gasteiger partial charge in [0.05, 0.1) is 19.8 Å². The Labute approximate surface area is 151 Å². The lowest BCUT2D eigenvalue weighted by Crippen LogP contribution is -2.39. The number of rotatable bonds is 7. The van der Waals surface area contributed by atoms with Crippen LogP contribution in [0.1, 0.15) is 5.69 Å². The molecule has 2 fully saturated rings. The van der Waals surface area contributed by atoms with Crippen LogP contribution in [0.15, 0.2) is 6.07 Å². The van der Waals surface area contributed by atoms with Gasteiger partial charge in [-0.05, 0) is 6.92 Å². The molecule has 2 aliphatic rings. The highest BCUT2D eigenvalue weighted by Crippen LogP contribution is 2.16. The normalized spacial score (nSPS) is 17.2. The number of hydrogen-bond acceptors (Lipinski definition) is 8. The summed E-state index contributed by atoms with van der Waals surface area (Å²) in [5.41, 5.74) is 0.876. The first-order chi connectivity index (χ1) is 12.6. The zero-order valence-corrected chi connectivity index (χ0v) is 14.9. The first-order valence-corrected chi connectivity index (χ1v) is 8.72. The van der Waals surface area contributed by atoms with Crippen LogP contribution < -0.4 is 15.5 Å². The van der Waals surface area contributed by atoms with Crippen molar-refractivity contribution in [2.75, 3.05) is 69.3 Å². The van der Waals surface area contributed by atoms with Gasteiger partial charge in [0.15, 0.2) is 0 Å². The SMILES string of the molecule is Cc1cc(N2CCOCC2)nc(NCCNC(=O)CN2CCOC2=O)n1. The van der Waals surface area contributed by atoms with Crippen LogP contribution in [-0.4, -0.2) is 86.0 Å². The molecule has 3 rings (SSSR count). The fourth-order valence-electron chi connectivity index (χ4n) is 2.76. The average Bonchev–Trinajstić information content (AvgIpc) is 3.04. The smallest absolute Gasteiger partial charge is 0.410 e. The second-order valence-electron chi connectivity index (χ2n) is 6.10. The van der Waals surface area contributed by atoms with Gasteiger partial charge in [0.1, 0.15) is 19.0 Å². The molecule has 0 spiro atoms. The van der Waals surface area contributed by atoms with Crippen molar-refractivity contribution in [2.24, 2.45) is 0 Å². The predicted molar refractivity (Wildman–Crippen MR) is 94.2 cm³/mol. The summed E-state index contributed by atoms with van der Waals surface area (Å²) < 4.78 is 10.2. The van der Waals surface area contributed by atoms with Gasteiger partial charge in [0.2, 0.25) is 11.9 Å². The molecule has 0 unspecified atom stereocenters. The second-order valence-corrected chi connectivity index (χ2v) is 6.10. The zero-order valence-electron chi connectivity index (χ0n) is 14.9. The molecule has 1 aromatic rings. The van der Waals surface area contributed by atoms with Crippen LogP contribution in [0, 0.1) is 6.92 Å². The Kier molecular flexibility index (Phi) is 6.05. The number of hydrogen-bond donors (Lipinski definition) is 2. The number of nitrogens with one attached hydrogen (secondary N) is 2. The molecule has 142 valence electrons. The highest BCUT2D eigenvalue weighted by molar-refractivity contribution is 5.82. The maximum absolute atomic E-state index is 11.8. The molecule has 2 N–H and O–H groups in total. The zero-order chi connectivity index (χ0) is 18.4. The van der Waals surface area contributed by atoms with Crippen LogP contribution >= 0.6 is 0 Å². The second kappa shape index (κ2) is 8.65. The summed E-state index contributed by atoms with van der Waals surface area (Å²) in [5, 5.41) is 5.88. The minimum atomic E-state index is -0.443. The van der Waals surface area contributed by atoms with Crippen LogP contribution in [0.5, 0.6) is 0 Å². The van der Waals surface area contributed by atoms with Gasteiger partial charge in [0, 0.05) is 37.9 Å². The molecule has 0 aromatic carbocycles. The van der Waals surface area contributed by atoms with E-state index in [0.29, 0.717) is 45.4 Å². The van der Waals surface area contributed by atoms with E-state index >= 15 is 0 Å². The fraction of sp³-hybridized carbons (Fsp3) is 0.625. The third-order valence-corrected chi connectivity index (χ3v) is 4.09. The number of cyclic esters (lactones) is 1. The van der Waals surface area contributed by atoms with Crippen molar-refractivity contribution in [1.82, 2.24) is 20.2 Å². The van der Waals surface area contributed by atoms with Crippen molar-refractivity contribution in [2.45, 2.75) is 6.92 Å². The van der Waals surface area contributed by atoms with E-state index in [4.69, 9.17) is 9.47 Å². The summed E-state index contributed by atoms with van der Waals surface area (Å²) in [6.45, 7) is 6.64. The quantitative estimate of drug-likeness (QED) is 0.629. The van der Waals surface area contributed by atoms with Crippen molar-refractivity contribution < 1.29 is 19.1 Å². The van der Waals surface area contributed by atoms with E-state index in [-0.39, 0.29) is 12.5 Å². The molecule has 0 atom stereocenters. The minimum absolute atomic E-state index is 0.0148. The number of amides is 2. The molecule has 0 saturated carbocycles. The molecule has 10 heteroatoms. The van der Waals surface area contributed by atoms with Crippen molar-refractivity contribution >= 4 is 23.8 Å². The van der Waals surface area contributed by atoms with Gasteiger partial charge in [-0.25, -0.2) is 9.78 Å². The maximum atomic E-state index is 11.8. The molecular formula is C16H24N6O4. The fourth-order valence-corrected chi connectivity index (χ4v) is 2.76. The number of morpholine rings is 1. The molecule has 2 aliphatic heterocycles. The number of aryl methyl sites for hydroxylation is 1. The first kappa shape index (κ1) is 18.2. The van der Waals surface area contributed by atoms with E-state index < -0.39 is 6.09 Å². The molecule has 0 bridgehead atoms. The summed E-state index contributed by atoms with van der Waals surface area (Å²) in [5.74, 6) is 1.19. The van der Waals surface area contributed by atoms with E-state index in [9.17, 15) is 9.59 Å². The lowest BCUT2D eigenvalue weighted by atomic mass is 10.3. The Hall–Kier alpha value is -2.62. The number of aromatic nitrogens is 2. The molecule has 0 aliphatic carbocycles. The Morgan fingerprint density at radius 3 is 2.73 bits per heavy atom. The van der Waals surface area contributed by atoms with Crippen molar-refractivity contribution in [3.05, 3.63) is 11.8 Å². The molecular weight excluding hydrogens is 340 g/mol. The van der Waals surface area contributed by atoms with Gasteiger partial charge >= 0.3 is 6.09 Å². The molecule has 2 amide bonds. The third kappa shape index (κ3) is 4.94. The molecule has 0 radical (unpaired) electrons. The summed E-state index contributed by atoms with van der Waals surface area (Å²) in [6.07, 6.45) is -0.443. The van der Waals surface area contributed by atoms with E-state index in [1.54, 1.807) is 0 Å². The van der Waals surface area contributed by atoms with Crippen molar-refractivity contribution in [1.29, 1.82) is 0 Å². The monoisotopic (exact) mass is 364 g/mol. The number of carbonyl (C=O) groups excluding carboxylic acids is 2. The predicted octanol–water partition coefficient (Wildman–Crippen LogP) is -0.398. The standard InChI is InChI=1S/C16H24N6O4/c1-12-10-13(21-4-7-25-8-5-21)20-15(19-12)18-3-2-17-14(23)11-22-6-9-26-16(22)24/h10H,2-9,11H2,1H3,(H,17,23)(H,18,19,20). The number of nitrogens with zero attached hydrogens (tertiary/aromatic N) is 4. The van der Waals surface area contributed by atoms with Crippen LogP contribution in [0.4, 0.5) is 16.6 Å². The number of ether oxygens (including phenoxy) is 2. The van der Waals surface area contributed by atoms with E-state index in [0.717, 1.165) is 24.6 Å². The van der Waals surface area contributed by atoms with Crippen molar-refractivity contribution in [3.8, 4) is 0 Å². The van der Waals surface area contributed by atoms with Gasteiger partial charge in [-0.2, -0.15) is 4.98 Å². The third-order valence-electron chi connectivity index (χ3n) is 4.09. The Bertz CT molecular complexity index is 650. The Balaban J connectivity index is 1.43. The van der Waals surface area contributed by atoms with Gasteiger partial charge in [0.25, 0.3) is 0 Å². The lowest BCUT2D eigenvalue weighted by Gasteiger charge is -2.28. The van der Waals surface area contributed by atoms with Gasteiger partial charge in [-0.1, -0.05) is 0 Å². The van der Waals surface area contributed by atoms with Gasteiger partial charge < -0.3 is 25.0 Å². The average molecular weight is 364 g/mol. The topological polar surface area (TPSA) is 109 Å². The Morgan fingerprint density at radius 2 is 2.00 bits per heavy atom. The van der Waals surface area contributed by atoms with Crippen LogP contribution in [0.3, 0.4) is 0 Å². The van der Waals surface area contributed by atoms with Crippen molar-refractivity contribution in [3.63, 3.8) is 0 Å². The highest BCUT2D eigenvalue weighted by atomic mass is 16.6. The summed E-state index contributed by atoms with van der Waals surface area (Å²) in [4.78, 5) is 35.6. The van der Waals surface area contributed by atoms with E-state index in [1.807, 2.05) is 13.0 Å². The number of carbonyl (C=O) groups is 2. The molecule has 2 saturated heterocycles. The maximum Gasteiger partial charge on any atom is 0.410 e. The summed E-state index contributed by atoms with van der Waals surface area (Å²) in [7, 11) is 0. The summed E-state index contributed by atoms with van der Waals surface area (Å²) in [6, 6.07) is 1.95. The molecule has 3 heterocycles. The molecule has 10 nitrogen and oxygen atoms in total. The number of anilines is 2. The first-order valence-electron chi connectivity index (χ1n) is 8.72.